The summed E-state index contributed by atoms with van der Waals surface area (Å²) in [5, 5.41) is 5.58. The van der Waals surface area contributed by atoms with Crippen molar-refractivity contribution in [3.8, 4) is 0 Å². The van der Waals surface area contributed by atoms with Gasteiger partial charge in [-0.1, -0.05) is 12.1 Å². The van der Waals surface area contributed by atoms with Gasteiger partial charge in [0, 0.05) is 28.0 Å². The molecular weight excluding hydrogens is 434 g/mol. The number of carbonyl (C=O) groups excluding carboxylic acids is 2. The van der Waals surface area contributed by atoms with Crippen LogP contribution in [0.2, 0.25) is 0 Å². The quantitative estimate of drug-likeness (QED) is 0.609. The van der Waals surface area contributed by atoms with E-state index in [4.69, 9.17) is 0 Å². The molecule has 3 aromatic rings. The molecule has 29 heavy (non-hydrogen) atoms. The molecule has 0 spiro atoms. The molecular formula is C22H20BrN3O3. The highest BCUT2D eigenvalue weighted by Crippen LogP contribution is 2.24. The van der Waals surface area contributed by atoms with Crippen LogP contribution in [-0.2, 0) is 11.3 Å². The first-order valence-electron chi connectivity index (χ1n) is 8.96. The van der Waals surface area contributed by atoms with Crippen LogP contribution in [0.5, 0.6) is 0 Å². The third-order valence-corrected chi connectivity index (χ3v) is 4.91. The lowest BCUT2D eigenvalue weighted by Gasteiger charge is -2.10. The Morgan fingerprint density at radius 2 is 1.62 bits per heavy atom. The van der Waals surface area contributed by atoms with E-state index in [9.17, 15) is 14.4 Å². The maximum atomic E-state index is 12.4. The van der Waals surface area contributed by atoms with E-state index < -0.39 is 0 Å². The van der Waals surface area contributed by atoms with Gasteiger partial charge in [-0.05, 0) is 77.3 Å². The van der Waals surface area contributed by atoms with Crippen LogP contribution in [0.1, 0.15) is 21.5 Å². The molecule has 0 fully saturated rings. The Bertz CT molecular complexity index is 1120. The average Bonchev–Trinajstić information content (AvgIpc) is 2.67. The second-order valence-corrected chi connectivity index (χ2v) is 7.59. The molecule has 148 valence electrons. The molecule has 2 N–H and O–H groups in total. The number of halogens is 1. The van der Waals surface area contributed by atoms with Crippen molar-refractivity contribution in [3.63, 3.8) is 0 Å². The third kappa shape index (κ3) is 5.42. The predicted octanol–water partition coefficient (Wildman–Crippen LogP) is 4.12. The zero-order chi connectivity index (χ0) is 21.0. The Labute approximate surface area is 176 Å². The molecule has 0 radical (unpaired) electrons. The number of anilines is 2. The van der Waals surface area contributed by atoms with Crippen LogP contribution in [0.4, 0.5) is 11.4 Å². The minimum absolute atomic E-state index is 0.0792. The Morgan fingerprint density at radius 3 is 2.31 bits per heavy atom. The Kier molecular flexibility index (Phi) is 6.29. The Morgan fingerprint density at radius 1 is 0.931 bits per heavy atom. The molecule has 0 aliphatic carbocycles. The normalized spacial score (nSPS) is 10.4. The highest BCUT2D eigenvalue weighted by Gasteiger charge is 2.10. The average molecular weight is 454 g/mol. The fourth-order valence-electron chi connectivity index (χ4n) is 2.75. The summed E-state index contributed by atoms with van der Waals surface area (Å²) in [5.74, 6) is -0.572. The van der Waals surface area contributed by atoms with Gasteiger partial charge < -0.3 is 15.2 Å². The van der Waals surface area contributed by atoms with Crippen LogP contribution in [0.25, 0.3) is 0 Å². The van der Waals surface area contributed by atoms with E-state index in [1.807, 2.05) is 32.0 Å². The van der Waals surface area contributed by atoms with Gasteiger partial charge >= 0.3 is 0 Å². The minimum Gasteiger partial charge on any atom is -0.325 e. The van der Waals surface area contributed by atoms with Crippen LogP contribution >= 0.6 is 15.9 Å². The molecule has 0 aliphatic rings. The summed E-state index contributed by atoms with van der Waals surface area (Å²) in [5.41, 5.74) is 3.44. The van der Waals surface area contributed by atoms with E-state index in [1.54, 1.807) is 36.5 Å². The lowest BCUT2D eigenvalue weighted by Crippen LogP contribution is -2.26. The van der Waals surface area contributed by atoms with Crippen molar-refractivity contribution < 1.29 is 9.59 Å². The van der Waals surface area contributed by atoms with Crippen LogP contribution in [0.15, 0.2) is 70.1 Å². The third-order valence-electron chi connectivity index (χ3n) is 4.25. The summed E-state index contributed by atoms with van der Waals surface area (Å²) in [6, 6.07) is 15.4. The van der Waals surface area contributed by atoms with Crippen molar-refractivity contribution in [3.05, 3.63) is 92.3 Å². The van der Waals surface area contributed by atoms with Crippen molar-refractivity contribution in [1.82, 2.24) is 4.57 Å². The molecule has 2 amide bonds. The fraction of sp³-hybridized carbons (Fsp3) is 0.136. The summed E-state index contributed by atoms with van der Waals surface area (Å²) in [6.07, 6.45) is 1.64. The van der Waals surface area contributed by atoms with Gasteiger partial charge in [0.1, 0.15) is 6.54 Å². The number of benzene rings is 2. The molecule has 0 unspecified atom stereocenters. The predicted molar refractivity (Wildman–Crippen MR) is 117 cm³/mol. The van der Waals surface area contributed by atoms with Gasteiger partial charge in [0.2, 0.25) is 5.91 Å². The molecule has 7 heteroatoms. The number of pyridine rings is 1. The van der Waals surface area contributed by atoms with Crippen LogP contribution in [0.3, 0.4) is 0 Å². The largest absolute Gasteiger partial charge is 0.325 e. The van der Waals surface area contributed by atoms with E-state index in [2.05, 4.69) is 26.6 Å². The van der Waals surface area contributed by atoms with Crippen LogP contribution in [0, 0.1) is 13.8 Å². The lowest BCUT2D eigenvalue weighted by atomic mass is 10.1. The molecule has 0 aliphatic heterocycles. The van der Waals surface area contributed by atoms with Crippen LogP contribution in [-0.4, -0.2) is 16.4 Å². The number of hydrogen-bond donors (Lipinski definition) is 2. The van der Waals surface area contributed by atoms with E-state index in [0.717, 1.165) is 15.6 Å². The lowest BCUT2D eigenvalue weighted by molar-refractivity contribution is -0.116. The summed E-state index contributed by atoms with van der Waals surface area (Å²) in [7, 11) is 0. The van der Waals surface area contributed by atoms with E-state index in [-0.39, 0.29) is 23.9 Å². The van der Waals surface area contributed by atoms with E-state index in [0.29, 0.717) is 16.9 Å². The maximum absolute atomic E-state index is 12.4. The minimum atomic E-state index is -0.321. The Hall–Kier alpha value is -3.19. The fourth-order valence-corrected chi connectivity index (χ4v) is 3.34. The van der Waals surface area contributed by atoms with Gasteiger partial charge in [0.05, 0.1) is 5.69 Å². The molecule has 1 heterocycles. The molecule has 0 bridgehead atoms. The van der Waals surface area contributed by atoms with Gasteiger partial charge in [-0.25, -0.2) is 0 Å². The van der Waals surface area contributed by atoms with Crippen molar-refractivity contribution in [2.24, 2.45) is 0 Å². The number of hydrogen-bond acceptors (Lipinski definition) is 3. The molecule has 0 saturated carbocycles. The van der Waals surface area contributed by atoms with Gasteiger partial charge in [-0.2, -0.15) is 0 Å². The standard InChI is InChI=1S/C22H20BrN3O3/c1-14-3-9-19(18(23)11-14)25-22(29)16-5-7-17(8-6-16)24-20(27)13-26-12-15(2)4-10-21(26)28/h3-12H,13H2,1-2H3,(H,24,27)(H,25,29). The summed E-state index contributed by atoms with van der Waals surface area (Å²) < 4.78 is 2.16. The van der Waals surface area contributed by atoms with Gasteiger partial charge in [-0.15, -0.1) is 0 Å². The monoisotopic (exact) mass is 453 g/mol. The molecule has 1 aromatic heterocycles. The van der Waals surface area contributed by atoms with Crippen molar-refractivity contribution >= 4 is 39.1 Å². The number of nitrogens with zero attached hydrogens (tertiary/aromatic N) is 1. The maximum Gasteiger partial charge on any atom is 0.255 e. The van der Waals surface area contributed by atoms with Crippen LogP contribution < -0.4 is 16.2 Å². The van der Waals surface area contributed by atoms with Crippen molar-refractivity contribution in [1.29, 1.82) is 0 Å². The highest BCUT2D eigenvalue weighted by molar-refractivity contribution is 9.10. The van der Waals surface area contributed by atoms with Gasteiger partial charge in [-0.3, -0.25) is 14.4 Å². The molecule has 0 atom stereocenters. The molecule has 2 aromatic carbocycles. The molecule has 0 saturated heterocycles. The number of aryl methyl sites for hydroxylation is 2. The second kappa shape index (κ2) is 8.87. The SMILES string of the molecule is Cc1ccc(NC(=O)c2ccc(NC(=O)Cn3cc(C)ccc3=O)cc2)c(Br)c1. The smallest absolute Gasteiger partial charge is 0.255 e. The number of carbonyl (C=O) groups is 2. The first-order chi connectivity index (χ1) is 13.8. The van der Waals surface area contributed by atoms with Crippen molar-refractivity contribution in [2.75, 3.05) is 10.6 Å². The molecule has 6 nitrogen and oxygen atoms in total. The second-order valence-electron chi connectivity index (χ2n) is 6.74. The summed E-state index contributed by atoms with van der Waals surface area (Å²) >= 11 is 3.44. The topological polar surface area (TPSA) is 80.2 Å². The zero-order valence-electron chi connectivity index (χ0n) is 16.0. The Balaban J connectivity index is 1.63. The summed E-state index contributed by atoms with van der Waals surface area (Å²) in [4.78, 5) is 36.5. The highest BCUT2D eigenvalue weighted by atomic mass is 79.9. The number of amides is 2. The number of rotatable bonds is 5. The first kappa shape index (κ1) is 20.5. The molecule has 3 rings (SSSR count). The summed E-state index contributed by atoms with van der Waals surface area (Å²) in [6.45, 7) is 3.75. The zero-order valence-corrected chi connectivity index (χ0v) is 17.6. The van der Waals surface area contributed by atoms with Crippen molar-refractivity contribution in [2.45, 2.75) is 20.4 Å². The van der Waals surface area contributed by atoms with E-state index >= 15 is 0 Å². The number of aromatic nitrogens is 1. The number of nitrogens with one attached hydrogen (secondary N) is 2. The van der Waals surface area contributed by atoms with E-state index in [1.165, 1.54) is 10.6 Å². The van der Waals surface area contributed by atoms with Gasteiger partial charge in [0.15, 0.2) is 0 Å². The first-order valence-corrected chi connectivity index (χ1v) is 9.75. The van der Waals surface area contributed by atoms with Gasteiger partial charge in [0.25, 0.3) is 11.5 Å².